The maximum absolute atomic E-state index is 12.0. The van der Waals surface area contributed by atoms with Crippen LogP contribution in [0.5, 0.6) is 0 Å². The average molecular weight is 282 g/mol. The summed E-state index contributed by atoms with van der Waals surface area (Å²) in [7, 11) is 0. The monoisotopic (exact) mass is 282 g/mol. The second-order valence-corrected chi connectivity index (χ2v) is 4.76. The first-order valence-corrected chi connectivity index (χ1v) is 6.81. The lowest BCUT2D eigenvalue weighted by atomic mass is 10.1. The van der Waals surface area contributed by atoms with Crippen LogP contribution >= 0.6 is 0 Å². The van der Waals surface area contributed by atoms with Crippen molar-refractivity contribution in [2.24, 2.45) is 0 Å². The third-order valence-corrected chi connectivity index (χ3v) is 3.13. The van der Waals surface area contributed by atoms with Crippen molar-refractivity contribution in [1.29, 1.82) is 0 Å². The lowest BCUT2D eigenvalue weighted by Crippen LogP contribution is -2.36. The van der Waals surface area contributed by atoms with Gasteiger partial charge in [-0.2, -0.15) is 0 Å². The van der Waals surface area contributed by atoms with Crippen LogP contribution in [-0.2, 0) is 11.3 Å². The minimum absolute atomic E-state index is 0.0278. The molecule has 0 spiro atoms. The fourth-order valence-electron chi connectivity index (χ4n) is 1.94. The number of rotatable bonds is 5. The molecule has 0 unspecified atom stereocenters. The van der Waals surface area contributed by atoms with Crippen LogP contribution in [0.2, 0.25) is 0 Å². The molecule has 0 aromatic heterocycles. The molecule has 0 bridgehead atoms. The normalized spacial score (nSPS) is 9.95. The van der Waals surface area contributed by atoms with Gasteiger partial charge in [0.2, 0.25) is 5.91 Å². The van der Waals surface area contributed by atoms with Gasteiger partial charge in [-0.3, -0.25) is 9.59 Å². The lowest BCUT2D eigenvalue weighted by molar-refractivity contribution is -0.120. The highest BCUT2D eigenvalue weighted by Crippen LogP contribution is 2.06. The molecule has 0 saturated carbocycles. The number of carbonyl (C=O) groups is 2. The molecule has 2 N–H and O–H groups in total. The SMILES string of the molecule is Cc1ccccc1C(=O)NCC(=O)NCc1ccccc1. The van der Waals surface area contributed by atoms with Crippen LogP contribution in [-0.4, -0.2) is 18.4 Å². The Hall–Kier alpha value is -2.62. The fraction of sp³-hybridized carbons (Fsp3) is 0.176. The van der Waals surface area contributed by atoms with Crippen molar-refractivity contribution < 1.29 is 9.59 Å². The molecule has 108 valence electrons. The van der Waals surface area contributed by atoms with Gasteiger partial charge in [-0.25, -0.2) is 0 Å². The Morgan fingerprint density at radius 3 is 2.29 bits per heavy atom. The molecule has 4 nitrogen and oxygen atoms in total. The highest BCUT2D eigenvalue weighted by atomic mass is 16.2. The number of aryl methyl sites for hydroxylation is 1. The van der Waals surface area contributed by atoms with Crippen LogP contribution in [0.15, 0.2) is 54.6 Å². The van der Waals surface area contributed by atoms with E-state index >= 15 is 0 Å². The highest BCUT2D eigenvalue weighted by Gasteiger charge is 2.09. The highest BCUT2D eigenvalue weighted by molar-refractivity contribution is 5.97. The maximum Gasteiger partial charge on any atom is 0.251 e. The summed E-state index contributed by atoms with van der Waals surface area (Å²) in [5, 5.41) is 5.39. The van der Waals surface area contributed by atoms with Crippen LogP contribution in [0.25, 0.3) is 0 Å². The standard InChI is InChI=1S/C17H18N2O2/c1-13-7-5-6-10-15(13)17(21)19-12-16(20)18-11-14-8-3-2-4-9-14/h2-10H,11-12H2,1H3,(H,18,20)(H,19,21). The van der Waals surface area contributed by atoms with E-state index in [0.717, 1.165) is 11.1 Å². The molecule has 2 amide bonds. The van der Waals surface area contributed by atoms with Gasteiger partial charge in [0, 0.05) is 12.1 Å². The van der Waals surface area contributed by atoms with Crippen LogP contribution < -0.4 is 10.6 Å². The van der Waals surface area contributed by atoms with Gasteiger partial charge >= 0.3 is 0 Å². The first-order valence-electron chi connectivity index (χ1n) is 6.81. The second-order valence-electron chi connectivity index (χ2n) is 4.76. The van der Waals surface area contributed by atoms with Crippen LogP contribution in [0.4, 0.5) is 0 Å². The van der Waals surface area contributed by atoms with Crippen molar-refractivity contribution in [3.05, 3.63) is 71.3 Å². The Kier molecular flexibility index (Phi) is 5.10. The van der Waals surface area contributed by atoms with Gasteiger partial charge in [-0.1, -0.05) is 48.5 Å². The number of nitrogens with one attached hydrogen (secondary N) is 2. The summed E-state index contributed by atoms with van der Waals surface area (Å²) in [4.78, 5) is 23.7. The van der Waals surface area contributed by atoms with Crippen molar-refractivity contribution in [1.82, 2.24) is 10.6 Å². The molecular formula is C17H18N2O2. The van der Waals surface area contributed by atoms with E-state index in [4.69, 9.17) is 0 Å². The van der Waals surface area contributed by atoms with Crippen molar-refractivity contribution >= 4 is 11.8 Å². The molecule has 0 saturated heterocycles. The Balaban J connectivity index is 1.79. The summed E-state index contributed by atoms with van der Waals surface area (Å²) < 4.78 is 0. The molecular weight excluding hydrogens is 264 g/mol. The molecule has 21 heavy (non-hydrogen) atoms. The minimum Gasteiger partial charge on any atom is -0.350 e. The summed E-state index contributed by atoms with van der Waals surface area (Å²) in [6, 6.07) is 16.9. The first-order chi connectivity index (χ1) is 10.2. The molecule has 0 heterocycles. The predicted molar refractivity (Wildman–Crippen MR) is 81.8 cm³/mol. The number of hydrogen-bond acceptors (Lipinski definition) is 2. The van der Waals surface area contributed by atoms with Gasteiger partial charge in [0.1, 0.15) is 0 Å². The van der Waals surface area contributed by atoms with Gasteiger partial charge in [-0.05, 0) is 24.1 Å². The number of amides is 2. The van der Waals surface area contributed by atoms with Gasteiger partial charge in [-0.15, -0.1) is 0 Å². The maximum atomic E-state index is 12.0. The van der Waals surface area contributed by atoms with E-state index in [1.54, 1.807) is 12.1 Å². The van der Waals surface area contributed by atoms with Gasteiger partial charge in [0.25, 0.3) is 5.91 Å². The zero-order valence-corrected chi connectivity index (χ0v) is 11.9. The zero-order chi connectivity index (χ0) is 15.1. The third kappa shape index (κ3) is 4.45. The van der Waals surface area contributed by atoms with Gasteiger partial charge < -0.3 is 10.6 Å². The van der Waals surface area contributed by atoms with Crippen molar-refractivity contribution in [3.8, 4) is 0 Å². The van der Waals surface area contributed by atoms with Crippen LogP contribution in [0.3, 0.4) is 0 Å². The third-order valence-electron chi connectivity index (χ3n) is 3.13. The molecule has 0 fully saturated rings. The van der Waals surface area contributed by atoms with Gasteiger partial charge in [0.05, 0.1) is 6.54 Å². The average Bonchev–Trinajstić information content (AvgIpc) is 2.52. The quantitative estimate of drug-likeness (QED) is 0.881. The summed E-state index contributed by atoms with van der Waals surface area (Å²) in [6.07, 6.45) is 0. The lowest BCUT2D eigenvalue weighted by Gasteiger charge is -2.08. The molecule has 4 heteroatoms. The minimum atomic E-state index is -0.233. The van der Waals surface area contributed by atoms with Gasteiger partial charge in [0.15, 0.2) is 0 Å². The van der Waals surface area contributed by atoms with E-state index in [1.165, 1.54) is 0 Å². The Labute approximate surface area is 124 Å². The Bertz CT molecular complexity index is 624. The van der Waals surface area contributed by atoms with E-state index in [0.29, 0.717) is 12.1 Å². The smallest absolute Gasteiger partial charge is 0.251 e. The van der Waals surface area contributed by atoms with Crippen LogP contribution in [0, 0.1) is 6.92 Å². The van der Waals surface area contributed by atoms with E-state index in [1.807, 2.05) is 49.4 Å². The summed E-state index contributed by atoms with van der Waals surface area (Å²) in [5.74, 6) is -0.441. The molecule has 2 aromatic carbocycles. The second kappa shape index (κ2) is 7.24. The van der Waals surface area contributed by atoms with Crippen molar-refractivity contribution in [2.75, 3.05) is 6.54 Å². The fourth-order valence-corrected chi connectivity index (χ4v) is 1.94. The Morgan fingerprint density at radius 2 is 1.57 bits per heavy atom. The van der Waals surface area contributed by atoms with Crippen molar-refractivity contribution in [3.63, 3.8) is 0 Å². The van der Waals surface area contributed by atoms with E-state index in [-0.39, 0.29) is 18.4 Å². The molecule has 2 aromatic rings. The number of hydrogen-bond donors (Lipinski definition) is 2. The summed E-state index contributed by atoms with van der Waals surface area (Å²) >= 11 is 0. The number of benzene rings is 2. The Morgan fingerprint density at radius 1 is 0.905 bits per heavy atom. The molecule has 0 aliphatic carbocycles. The number of carbonyl (C=O) groups excluding carboxylic acids is 2. The topological polar surface area (TPSA) is 58.2 Å². The predicted octanol–water partition coefficient (Wildman–Crippen LogP) is 2.04. The summed E-state index contributed by atoms with van der Waals surface area (Å²) in [5.41, 5.74) is 2.50. The molecule has 0 radical (unpaired) electrons. The van der Waals surface area contributed by atoms with Crippen LogP contribution in [0.1, 0.15) is 21.5 Å². The summed E-state index contributed by atoms with van der Waals surface area (Å²) in [6.45, 7) is 2.30. The first kappa shape index (κ1) is 14.8. The van der Waals surface area contributed by atoms with E-state index in [2.05, 4.69) is 10.6 Å². The molecule has 2 rings (SSSR count). The van der Waals surface area contributed by atoms with E-state index < -0.39 is 0 Å². The van der Waals surface area contributed by atoms with Crippen molar-refractivity contribution in [2.45, 2.75) is 13.5 Å². The molecule has 0 aliphatic heterocycles. The zero-order valence-electron chi connectivity index (χ0n) is 11.9. The van der Waals surface area contributed by atoms with E-state index in [9.17, 15) is 9.59 Å². The largest absolute Gasteiger partial charge is 0.350 e. The molecule has 0 atom stereocenters. The molecule has 0 aliphatic rings.